The highest BCUT2D eigenvalue weighted by atomic mass is 15.1. The van der Waals surface area contributed by atoms with Crippen LogP contribution in [0.2, 0.25) is 0 Å². The molecule has 0 bridgehead atoms. The molecule has 2 nitrogen and oxygen atoms in total. The van der Waals surface area contributed by atoms with Gasteiger partial charge in [-0.25, -0.2) is 0 Å². The standard InChI is InChI=1S/C14H30N2/c1-4-11-15-13(2)10-12-16(3)14-8-6-5-7-9-14/h13-15H,4-12H2,1-3H3. The first kappa shape index (κ1) is 14.0. The molecule has 0 heterocycles. The SMILES string of the molecule is CCCNC(C)CCN(C)C1CCCCC1. The van der Waals surface area contributed by atoms with Crippen LogP contribution < -0.4 is 5.32 Å². The normalized spacial score (nSPS) is 20.2. The van der Waals surface area contributed by atoms with E-state index in [0.717, 1.165) is 12.6 Å². The van der Waals surface area contributed by atoms with Gasteiger partial charge in [-0.3, -0.25) is 0 Å². The summed E-state index contributed by atoms with van der Waals surface area (Å²) in [5, 5.41) is 3.56. The molecule has 1 N–H and O–H groups in total. The lowest BCUT2D eigenvalue weighted by atomic mass is 9.94. The van der Waals surface area contributed by atoms with Crippen molar-refractivity contribution in [3.63, 3.8) is 0 Å². The van der Waals surface area contributed by atoms with Crippen LogP contribution in [-0.2, 0) is 0 Å². The van der Waals surface area contributed by atoms with E-state index in [1.807, 2.05) is 0 Å². The third-order valence-corrected chi connectivity index (χ3v) is 3.86. The van der Waals surface area contributed by atoms with Crippen molar-refractivity contribution in [1.29, 1.82) is 0 Å². The van der Waals surface area contributed by atoms with Crippen molar-refractivity contribution in [1.82, 2.24) is 10.2 Å². The maximum atomic E-state index is 3.56. The molecule has 1 atom stereocenters. The number of hydrogen-bond acceptors (Lipinski definition) is 2. The van der Waals surface area contributed by atoms with Crippen molar-refractivity contribution >= 4 is 0 Å². The molecule has 1 aliphatic rings. The van der Waals surface area contributed by atoms with Crippen molar-refractivity contribution in [2.24, 2.45) is 0 Å². The van der Waals surface area contributed by atoms with Gasteiger partial charge >= 0.3 is 0 Å². The van der Waals surface area contributed by atoms with Crippen LogP contribution in [0.5, 0.6) is 0 Å². The predicted octanol–water partition coefficient (Wildman–Crippen LogP) is 3.03. The molecule has 1 fully saturated rings. The number of hydrogen-bond donors (Lipinski definition) is 1. The van der Waals surface area contributed by atoms with Crippen LogP contribution in [0.1, 0.15) is 58.8 Å². The Kier molecular flexibility index (Phi) is 7.06. The third kappa shape index (κ3) is 5.31. The summed E-state index contributed by atoms with van der Waals surface area (Å²) in [6, 6.07) is 1.54. The number of nitrogens with zero attached hydrogens (tertiary/aromatic N) is 1. The van der Waals surface area contributed by atoms with Gasteiger partial charge < -0.3 is 10.2 Å². The molecule has 2 heteroatoms. The van der Waals surface area contributed by atoms with Gasteiger partial charge in [0.05, 0.1) is 0 Å². The Balaban J connectivity index is 2.10. The Hall–Kier alpha value is -0.0800. The lowest BCUT2D eigenvalue weighted by Gasteiger charge is -2.31. The molecule has 0 spiro atoms. The highest BCUT2D eigenvalue weighted by Crippen LogP contribution is 2.21. The Morgan fingerprint density at radius 3 is 2.56 bits per heavy atom. The van der Waals surface area contributed by atoms with Crippen LogP contribution in [0.25, 0.3) is 0 Å². The van der Waals surface area contributed by atoms with Gasteiger partial charge in [0.25, 0.3) is 0 Å². The van der Waals surface area contributed by atoms with E-state index in [0.29, 0.717) is 6.04 Å². The van der Waals surface area contributed by atoms with E-state index in [2.05, 4.69) is 31.1 Å². The quantitative estimate of drug-likeness (QED) is 0.718. The van der Waals surface area contributed by atoms with Gasteiger partial charge in [-0.15, -0.1) is 0 Å². The summed E-state index contributed by atoms with van der Waals surface area (Å²) in [5.41, 5.74) is 0. The zero-order chi connectivity index (χ0) is 11.8. The first-order valence-electron chi connectivity index (χ1n) is 7.17. The first-order chi connectivity index (χ1) is 7.74. The van der Waals surface area contributed by atoms with E-state index in [-0.39, 0.29) is 0 Å². The zero-order valence-electron chi connectivity index (χ0n) is 11.5. The maximum Gasteiger partial charge on any atom is 0.00922 e. The summed E-state index contributed by atoms with van der Waals surface area (Å²) in [5.74, 6) is 0. The van der Waals surface area contributed by atoms with Crippen molar-refractivity contribution in [2.75, 3.05) is 20.1 Å². The van der Waals surface area contributed by atoms with Crippen LogP contribution in [0.4, 0.5) is 0 Å². The third-order valence-electron chi connectivity index (χ3n) is 3.86. The summed E-state index contributed by atoms with van der Waals surface area (Å²) in [6.45, 7) is 6.95. The highest BCUT2D eigenvalue weighted by molar-refractivity contribution is 4.74. The molecule has 16 heavy (non-hydrogen) atoms. The van der Waals surface area contributed by atoms with E-state index in [1.165, 1.54) is 51.5 Å². The fraction of sp³-hybridized carbons (Fsp3) is 1.00. The van der Waals surface area contributed by atoms with Crippen LogP contribution in [-0.4, -0.2) is 37.1 Å². The second-order valence-corrected chi connectivity index (χ2v) is 5.42. The lowest BCUT2D eigenvalue weighted by molar-refractivity contribution is 0.184. The maximum absolute atomic E-state index is 3.56. The molecule has 96 valence electrons. The zero-order valence-corrected chi connectivity index (χ0v) is 11.5. The van der Waals surface area contributed by atoms with Crippen LogP contribution in [0, 0.1) is 0 Å². The van der Waals surface area contributed by atoms with Crippen LogP contribution >= 0.6 is 0 Å². The Morgan fingerprint density at radius 1 is 1.25 bits per heavy atom. The topological polar surface area (TPSA) is 15.3 Å². The van der Waals surface area contributed by atoms with Gasteiger partial charge in [0.15, 0.2) is 0 Å². The molecule has 1 saturated carbocycles. The van der Waals surface area contributed by atoms with Gasteiger partial charge in [-0.2, -0.15) is 0 Å². The second-order valence-electron chi connectivity index (χ2n) is 5.42. The van der Waals surface area contributed by atoms with Crippen molar-refractivity contribution in [2.45, 2.75) is 70.9 Å². The van der Waals surface area contributed by atoms with Gasteiger partial charge in [0, 0.05) is 12.1 Å². The van der Waals surface area contributed by atoms with Crippen molar-refractivity contribution in [3.05, 3.63) is 0 Å². The van der Waals surface area contributed by atoms with E-state index >= 15 is 0 Å². The minimum absolute atomic E-state index is 0.672. The molecule has 0 saturated heterocycles. The highest BCUT2D eigenvalue weighted by Gasteiger charge is 2.17. The monoisotopic (exact) mass is 226 g/mol. The second kappa shape index (κ2) is 8.08. The van der Waals surface area contributed by atoms with E-state index in [1.54, 1.807) is 0 Å². The fourth-order valence-corrected chi connectivity index (χ4v) is 2.59. The summed E-state index contributed by atoms with van der Waals surface area (Å²) in [6.07, 6.45) is 9.71. The molecule has 0 aliphatic heterocycles. The van der Waals surface area contributed by atoms with E-state index in [9.17, 15) is 0 Å². The van der Waals surface area contributed by atoms with Crippen LogP contribution in [0.15, 0.2) is 0 Å². The Bertz CT molecular complexity index is 164. The van der Waals surface area contributed by atoms with Gasteiger partial charge in [0.2, 0.25) is 0 Å². The molecular weight excluding hydrogens is 196 g/mol. The number of rotatable bonds is 7. The molecule has 1 unspecified atom stereocenters. The summed E-state index contributed by atoms with van der Waals surface area (Å²) in [7, 11) is 2.31. The first-order valence-corrected chi connectivity index (χ1v) is 7.17. The summed E-state index contributed by atoms with van der Waals surface area (Å²) in [4.78, 5) is 2.59. The summed E-state index contributed by atoms with van der Waals surface area (Å²) < 4.78 is 0. The number of nitrogens with one attached hydrogen (secondary N) is 1. The molecule has 0 aromatic rings. The molecular formula is C14H30N2. The van der Waals surface area contributed by atoms with Gasteiger partial charge in [-0.05, 0) is 52.7 Å². The van der Waals surface area contributed by atoms with Gasteiger partial charge in [0.1, 0.15) is 0 Å². The smallest absolute Gasteiger partial charge is 0.00922 e. The minimum Gasteiger partial charge on any atom is -0.314 e. The average Bonchev–Trinajstić information content (AvgIpc) is 2.34. The largest absolute Gasteiger partial charge is 0.314 e. The van der Waals surface area contributed by atoms with Crippen molar-refractivity contribution < 1.29 is 0 Å². The Labute approximate surface area is 102 Å². The molecule has 1 rings (SSSR count). The minimum atomic E-state index is 0.672. The van der Waals surface area contributed by atoms with Gasteiger partial charge in [-0.1, -0.05) is 26.2 Å². The molecule has 0 aromatic heterocycles. The van der Waals surface area contributed by atoms with Crippen LogP contribution in [0.3, 0.4) is 0 Å². The Morgan fingerprint density at radius 2 is 1.94 bits per heavy atom. The average molecular weight is 226 g/mol. The molecule has 0 aromatic carbocycles. The predicted molar refractivity (Wildman–Crippen MR) is 71.9 cm³/mol. The molecule has 1 aliphatic carbocycles. The van der Waals surface area contributed by atoms with Crippen molar-refractivity contribution in [3.8, 4) is 0 Å². The fourth-order valence-electron chi connectivity index (χ4n) is 2.59. The van der Waals surface area contributed by atoms with E-state index in [4.69, 9.17) is 0 Å². The molecule has 0 amide bonds. The molecule has 0 radical (unpaired) electrons. The van der Waals surface area contributed by atoms with E-state index < -0.39 is 0 Å². The lowest BCUT2D eigenvalue weighted by Crippen LogP contribution is -2.37. The summed E-state index contributed by atoms with van der Waals surface area (Å²) >= 11 is 0.